The monoisotopic (exact) mass is 294 g/mol. The number of benzene rings is 1. The van der Waals surface area contributed by atoms with Gasteiger partial charge in [-0.05, 0) is 45.4 Å². The van der Waals surface area contributed by atoms with Crippen molar-refractivity contribution in [3.05, 3.63) is 29.8 Å². The number of amides is 1. The molecule has 118 valence electrons. The van der Waals surface area contributed by atoms with Gasteiger partial charge in [-0.1, -0.05) is 12.1 Å². The normalized spacial score (nSPS) is 11.7. The van der Waals surface area contributed by atoms with Gasteiger partial charge in [0, 0.05) is 18.9 Å². The van der Waals surface area contributed by atoms with Gasteiger partial charge in [-0.3, -0.25) is 4.79 Å². The highest BCUT2D eigenvalue weighted by molar-refractivity contribution is 5.87. The summed E-state index contributed by atoms with van der Waals surface area (Å²) in [5, 5.41) is 2.89. The van der Waals surface area contributed by atoms with E-state index >= 15 is 0 Å². The van der Waals surface area contributed by atoms with Crippen LogP contribution in [0.1, 0.15) is 33.3 Å². The Labute approximate surface area is 126 Å². The number of nitrogens with one attached hydrogen (secondary N) is 1. The van der Waals surface area contributed by atoms with E-state index in [-0.39, 0.29) is 5.91 Å². The molecule has 21 heavy (non-hydrogen) atoms. The Bertz CT molecular complexity index is 437. The van der Waals surface area contributed by atoms with Crippen LogP contribution in [0.3, 0.4) is 0 Å². The Hall–Kier alpha value is -1.59. The summed E-state index contributed by atoms with van der Waals surface area (Å²) in [6.07, 6.45) is -0.411. The van der Waals surface area contributed by atoms with Gasteiger partial charge in [-0.25, -0.2) is 0 Å². The number of hydrogen-bond acceptors (Lipinski definition) is 4. The summed E-state index contributed by atoms with van der Waals surface area (Å²) in [7, 11) is 0. The maximum atomic E-state index is 12.4. The molecule has 0 aliphatic rings. The molecule has 0 radical (unpaired) electrons. The van der Waals surface area contributed by atoms with E-state index in [1.165, 1.54) is 0 Å². The molecule has 0 aliphatic carbocycles. The second kappa shape index (κ2) is 8.00. The van der Waals surface area contributed by atoms with Crippen LogP contribution in [0.4, 0.5) is 5.69 Å². The summed E-state index contributed by atoms with van der Waals surface area (Å²) in [6.45, 7) is 8.97. The minimum atomic E-state index is -0.642. The Morgan fingerprint density at radius 3 is 2.19 bits per heavy atom. The molecule has 0 saturated carbocycles. The Morgan fingerprint density at radius 2 is 1.71 bits per heavy atom. The number of ether oxygens (including phenoxy) is 2. The summed E-state index contributed by atoms with van der Waals surface area (Å²) in [6, 6.07) is 7.34. The van der Waals surface area contributed by atoms with E-state index in [9.17, 15) is 4.79 Å². The molecule has 0 fully saturated rings. The second-order valence-corrected chi connectivity index (χ2v) is 5.30. The Kier molecular flexibility index (Phi) is 6.65. The lowest BCUT2D eigenvalue weighted by Crippen LogP contribution is -2.44. The summed E-state index contributed by atoms with van der Waals surface area (Å²) < 4.78 is 10.8. The van der Waals surface area contributed by atoms with Crippen LogP contribution in [0.5, 0.6) is 0 Å². The van der Waals surface area contributed by atoms with E-state index in [0.717, 1.165) is 5.56 Å². The van der Waals surface area contributed by atoms with Crippen molar-refractivity contribution in [1.82, 2.24) is 5.32 Å². The standard InChI is InChI=1S/C16H26N2O3/c1-5-20-14(21-6-2)11-18-15(19)16(3,4)12-7-9-13(17)10-8-12/h7-10,14H,5-6,11,17H2,1-4H3,(H,18,19). The predicted octanol–water partition coefficient (Wildman–Crippen LogP) is 2.06. The fourth-order valence-corrected chi connectivity index (χ4v) is 1.97. The molecule has 5 heteroatoms. The largest absolute Gasteiger partial charge is 0.399 e. The molecule has 0 bridgehead atoms. The highest BCUT2D eigenvalue weighted by Gasteiger charge is 2.30. The topological polar surface area (TPSA) is 73.6 Å². The third-order valence-electron chi connectivity index (χ3n) is 3.33. The number of hydrogen-bond donors (Lipinski definition) is 2. The molecule has 0 spiro atoms. The molecule has 1 aromatic rings. The van der Waals surface area contributed by atoms with Crippen LogP contribution in [0.25, 0.3) is 0 Å². The van der Waals surface area contributed by atoms with Gasteiger partial charge in [0.25, 0.3) is 0 Å². The van der Waals surface area contributed by atoms with Crippen molar-refractivity contribution in [3.8, 4) is 0 Å². The van der Waals surface area contributed by atoms with Crippen molar-refractivity contribution in [2.24, 2.45) is 0 Å². The van der Waals surface area contributed by atoms with Crippen molar-refractivity contribution in [2.45, 2.75) is 39.4 Å². The van der Waals surface area contributed by atoms with Crippen molar-refractivity contribution in [1.29, 1.82) is 0 Å². The number of carbonyl (C=O) groups excluding carboxylic acids is 1. The van der Waals surface area contributed by atoms with Crippen molar-refractivity contribution < 1.29 is 14.3 Å². The van der Waals surface area contributed by atoms with Gasteiger partial charge in [0.05, 0.1) is 12.0 Å². The van der Waals surface area contributed by atoms with E-state index in [1.54, 1.807) is 12.1 Å². The number of nitrogen functional groups attached to an aromatic ring is 1. The summed E-state index contributed by atoms with van der Waals surface area (Å²) in [4.78, 5) is 12.4. The van der Waals surface area contributed by atoms with Gasteiger partial charge in [0.1, 0.15) is 0 Å². The molecule has 0 saturated heterocycles. The first-order valence-electron chi connectivity index (χ1n) is 7.29. The van der Waals surface area contributed by atoms with Gasteiger partial charge >= 0.3 is 0 Å². The van der Waals surface area contributed by atoms with E-state index in [2.05, 4.69) is 5.32 Å². The average molecular weight is 294 g/mol. The maximum Gasteiger partial charge on any atom is 0.230 e. The lowest BCUT2D eigenvalue weighted by Gasteiger charge is -2.26. The Morgan fingerprint density at radius 1 is 1.19 bits per heavy atom. The molecule has 0 aromatic heterocycles. The van der Waals surface area contributed by atoms with Gasteiger partial charge in [0.15, 0.2) is 6.29 Å². The summed E-state index contributed by atoms with van der Waals surface area (Å²) in [5.41, 5.74) is 6.63. The zero-order valence-electron chi connectivity index (χ0n) is 13.3. The third-order valence-corrected chi connectivity index (χ3v) is 3.33. The average Bonchev–Trinajstić information content (AvgIpc) is 2.45. The molecule has 0 unspecified atom stereocenters. The highest BCUT2D eigenvalue weighted by atomic mass is 16.7. The lowest BCUT2D eigenvalue weighted by molar-refractivity contribution is -0.142. The van der Waals surface area contributed by atoms with Crippen LogP contribution in [0.2, 0.25) is 0 Å². The first-order valence-corrected chi connectivity index (χ1v) is 7.29. The van der Waals surface area contributed by atoms with Crippen LogP contribution in [-0.2, 0) is 19.7 Å². The first kappa shape index (κ1) is 17.5. The second-order valence-electron chi connectivity index (χ2n) is 5.30. The molecule has 3 N–H and O–H groups in total. The minimum absolute atomic E-state index is 0.0725. The van der Waals surface area contributed by atoms with Crippen LogP contribution in [0.15, 0.2) is 24.3 Å². The SMILES string of the molecule is CCOC(CNC(=O)C(C)(C)c1ccc(N)cc1)OCC. The summed E-state index contributed by atoms with van der Waals surface area (Å²) in [5.74, 6) is -0.0725. The molecule has 1 aromatic carbocycles. The lowest BCUT2D eigenvalue weighted by atomic mass is 9.83. The minimum Gasteiger partial charge on any atom is -0.399 e. The van der Waals surface area contributed by atoms with Crippen LogP contribution in [-0.4, -0.2) is 32.0 Å². The van der Waals surface area contributed by atoms with Gasteiger partial charge in [-0.2, -0.15) is 0 Å². The zero-order valence-corrected chi connectivity index (χ0v) is 13.3. The van der Waals surface area contributed by atoms with Crippen LogP contribution < -0.4 is 11.1 Å². The van der Waals surface area contributed by atoms with E-state index in [0.29, 0.717) is 25.4 Å². The van der Waals surface area contributed by atoms with Crippen molar-refractivity contribution in [3.63, 3.8) is 0 Å². The zero-order chi connectivity index (χ0) is 15.9. The number of rotatable bonds is 8. The molecular formula is C16H26N2O3. The van der Waals surface area contributed by atoms with Gasteiger partial charge in [-0.15, -0.1) is 0 Å². The van der Waals surface area contributed by atoms with Gasteiger partial charge < -0.3 is 20.5 Å². The molecule has 0 heterocycles. The quantitative estimate of drug-likeness (QED) is 0.568. The number of anilines is 1. The van der Waals surface area contributed by atoms with Gasteiger partial charge in [0.2, 0.25) is 5.91 Å². The van der Waals surface area contributed by atoms with Crippen molar-refractivity contribution in [2.75, 3.05) is 25.5 Å². The highest BCUT2D eigenvalue weighted by Crippen LogP contribution is 2.24. The molecular weight excluding hydrogens is 268 g/mol. The number of nitrogens with two attached hydrogens (primary N) is 1. The predicted molar refractivity (Wildman–Crippen MR) is 83.9 cm³/mol. The van der Waals surface area contributed by atoms with Crippen LogP contribution >= 0.6 is 0 Å². The smallest absolute Gasteiger partial charge is 0.230 e. The Balaban J connectivity index is 2.66. The third kappa shape index (κ3) is 5.02. The molecule has 0 atom stereocenters. The van der Waals surface area contributed by atoms with Crippen molar-refractivity contribution >= 4 is 11.6 Å². The van der Waals surface area contributed by atoms with E-state index < -0.39 is 11.7 Å². The van der Waals surface area contributed by atoms with E-state index in [1.807, 2.05) is 39.8 Å². The fourth-order valence-electron chi connectivity index (χ4n) is 1.97. The molecule has 1 rings (SSSR count). The van der Waals surface area contributed by atoms with Crippen LogP contribution in [0, 0.1) is 0 Å². The molecule has 1 amide bonds. The molecule has 5 nitrogen and oxygen atoms in total. The molecule has 0 aliphatic heterocycles. The first-order chi connectivity index (χ1) is 9.91. The summed E-state index contributed by atoms with van der Waals surface area (Å²) >= 11 is 0. The maximum absolute atomic E-state index is 12.4. The van der Waals surface area contributed by atoms with E-state index in [4.69, 9.17) is 15.2 Å². The number of carbonyl (C=O) groups is 1. The fraction of sp³-hybridized carbons (Fsp3) is 0.562.